The molecule has 2 aliphatic carbocycles. The first-order chi connectivity index (χ1) is 16.2. The van der Waals surface area contributed by atoms with Crippen molar-refractivity contribution >= 4 is 29.5 Å². The van der Waals surface area contributed by atoms with Crippen LogP contribution >= 0.6 is 0 Å². The number of fused-ring (bicyclic) bond motifs is 3. The highest BCUT2D eigenvalue weighted by molar-refractivity contribution is 6.04. The van der Waals surface area contributed by atoms with Crippen LogP contribution in [-0.4, -0.2) is 54.1 Å². The van der Waals surface area contributed by atoms with Gasteiger partial charge in [0.05, 0.1) is 11.8 Å². The van der Waals surface area contributed by atoms with Gasteiger partial charge in [-0.3, -0.25) is 24.0 Å². The van der Waals surface area contributed by atoms with Gasteiger partial charge in [-0.25, -0.2) is 0 Å². The molecule has 0 aromatic rings. The molecule has 0 aromatic heterocycles. The first-order valence-corrected chi connectivity index (χ1v) is 12.0. The third-order valence-electron chi connectivity index (χ3n) is 8.83. The topological polar surface area (TPSA) is 122 Å². The van der Waals surface area contributed by atoms with Crippen molar-refractivity contribution in [1.82, 2.24) is 0 Å². The molecule has 7 atom stereocenters. The van der Waals surface area contributed by atoms with Crippen LogP contribution in [0.1, 0.15) is 54.4 Å². The number of ketones is 2. The molecule has 7 unspecified atom stereocenters. The number of esters is 3. The Bertz CT molecular complexity index is 1140. The third-order valence-corrected chi connectivity index (χ3v) is 8.83. The molecule has 188 valence electrons. The second-order valence-electron chi connectivity index (χ2n) is 11.3. The fraction of sp³-hybridized carbons (Fsp3) is 0.654. The molecule has 35 heavy (non-hydrogen) atoms. The van der Waals surface area contributed by atoms with Crippen LogP contribution in [0.4, 0.5) is 0 Å². The van der Waals surface area contributed by atoms with E-state index in [1.54, 1.807) is 34.6 Å². The van der Waals surface area contributed by atoms with Crippen molar-refractivity contribution in [3.8, 4) is 0 Å². The van der Waals surface area contributed by atoms with Gasteiger partial charge in [-0.15, -0.1) is 0 Å². The molecule has 0 spiro atoms. The molecule has 9 heteroatoms. The predicted octanol–water partition coefficient (Wildman–Crippen LogP) is 2.22. The van der Waals surface area contributed by atoms with Crippen LogP contribution in [0.15, 0.2) is 22.8 Å². The van der Waals surface area contributed by atoms with Gasteiger partial charge in [0, 0.05) is 29.7 Å². The van der Waals surface area contributed by atoms with E-state index in [0.29, 0.717) is 16.7 Å². The van der Waals surface area contributed by atoms with E-state index in [9.17, 15) is 24.0 Å². The lowest BCUT2D eigenvalue weighted by Crippen LogP contribution is -2.63. The average Bonchev–Trinajstić information content (AvgIpc) is 2.93. The molecule has 0 N–H and O–H groups in total. The molecule has 9 nitrogen and oxygen atoms in total. The number of carbonyl (C=O) groups excluding carboxylic acids is 5. The molecule has 5 aliphatic rings. The number of carbonyl (C=O) groups is 5. The molecule has 0 amide bonds. The molecule has 0 aromatic carbocycles. The van der Waals surface area contributed by atoms with Crippen molar-refractivity contribution < 1.29 is 42.9 Å². The summed E-state index contributed by atoms with van der Waals surface area (Å²) in [7, 11) is 0. The molecule has 0 radical (unpaired) electrons. The summed E-state index contributed by atoms with van der Waals surface area (Å²) in [5.74, 6) is -4.14. The van der Waals surface area contributed by atoms with E-state index < -0.39 is 64.5 Å². The molecule has 1 saturated carbocycles. The number of ether oxygens (including phenoxy) is 4. The van der Waals surface area contributed by atoms with Gasteiger partial charge in [0.25, 0.3) is 0 Å². The summed E-state index contributed by atoms with van der Waals surface area (Å²) in [6.45, 7) is 9.62. The molecule has 0 bridgehead atoms. The third kappa shape index (κ3) is 3.13. The Labute approximate surface area is 203 Å². The summed E-state index contributed by atoms with van der Waals surface area (Å²) in [4.78, 5) is 65.4. The fourth-order valence-electron chi connectivity index (χ4n) is 7.03. The smallest absolute Gasteiger partial charge is 0.314 e. The molecule has 3 saturated heterocycles. The van der Waals surface area contributed by atoms with Crippen molar-refractivity contribution in [2.45, 2.75) is 72.4 Å². The zero-order valence-electron chi connectivity index (χ0n) is 20.8. The Morgan fingerprint density at radius 1 is 1.14 bits per heavy atom. The summed E-state index contributed by atoms with van der Waals surface area (Å²) < 4.78 is 22.4. The number of allylic oxidation sites excluding steroid dienone is 1. The molecular weight excluding hydrogens is 456 g/mol. The van der Waals surface area contributed by atoms with Gasteiger partial charge >= 0.3 is 17.9 Å². The van der Waals surface area contributed by atoms with Crippen LogP contribution in [0.5, 0.6) is 0 Å². The normalized spacial score (nSPS) is 41.7. The molecule has 5 rings (SSSR count). The van der Waals surface area contributed by atoms with Crippen LogP contribution in [0, 0.1) is 28.6 Å². The number of rotatable bonds is 2. The largest absolute Gasteiger partial charge is 0.461 e. The lowest BCUT2D eigenvalue weighted by Gasteiger charge is -2.55. The summed E-state index contributed by atoms with van der Waals surface area (Å²) >= 11 is 0. The minimum atomic E-state index is -1.27. The van der Waals surface area contributed by atoms with E-state index in [1.165, 1.54) is 13.0 Å². The summed E-state index contributed by atoms with van der Waals surface area (Å²) in [5.41, 5.74) is -1.77. The Hall–Kier alpha value is -2.81. The maximum atomic E-state index is 14.1. The Morgan fingerprint density at radius 3 is 2.49 bits per heavy atom. The van der Waals surface area contributed by atoms with Crippen molar-refractivity contribution in [2.24, 2.45) is 28.6 Å². The molecule has 4 fully saturated rings. The van der Waals surface area contributed by atoms with Gasteiger partial charge in [-0.1, -0.05) is 6.92 Å². The second-order valence-corrected chi connectivity index (χ2v) is 11.3. The first-order valence-electron chi connectivity index (χ1n) is 12.0. The minimum absolute atomic E-state index is 0.100. The van der Waals surface area contributed by atoms with E-state index in [-0.39, 0.29) is 31.0 Å². The summed E-state index contributed by atoms with van der Waals surface area (Å²) in [5, 5.41) is 0. The Morgan fingerprint density at radius 2 is 1.83 bits per heavy atom. The van der Waals surface area contributed by atoms with Crippen molar-refractivity contribution in [2.75, 3.05) is 6.61 Å². The van der Waals surface area contributed by atoms with E-state index in [4.69, 9.17) is 18.9 Å². The molecule has 3 aliphatic heterocycles. The van der Waals surface area contributed by atoms with Gasteiger partial charge < -0.3 is 18.9 Å². The summed E-state index contributed by atoms with van der Waals surface area (Å²) in [6.07, 6.45) is -0.202. The van der Waals surface area contributed by atoms with Crippen LogP contribution in [-0.2, 0) is 42.9 Å². The fourth-order valence-corrected chi connectivity index (χ4v) is 7.03. The molecule has 3 heterocycles. The Balaban J connectivity index is 1.78. The minimum Gasteiger partial charge on any atom is -0.461 e. The highest BCUT2D eigenvalue weighted by Gasteiger charge is 2.73. The molecular formula is C26H30O9. The van der Waals surface area contributed by atoms with Crippen molar-refractivity contribution in [1.29, 1.82) is 0 Å². The van der Waals surface area contributed by atoms with Gasteiger partial charge in [0.2, 0.25) is 6.29 Å². The number of cyclic esters (lactones) is 1. The van der Waals surface area contributed by atoms with Crippen molar-refractivity contribution in [3.63, 3.8) is 0 Å². The average molecular weight is 487 g/mol. The quantitative estimate of drug-likeness (QED) is 0.427. The number of hydrogen-bond acceptors (Lipinski definition) is 9. The van der Waals surface area contributed by atoms with Gasteiger partial charge in [-0.2, -0.15) is 0 Å². The number of Topliss-reactive ketones (excluding diaryl/α,β-unsaturated/α-hetero) is 1. The standard InChI is InChI=1S/C26H30O9/c1-11-21(30)19-20-22(33-11)34-23(31)25(20,5)9-16-14(10-32-12(2)27)13-7-18(29)35-24(3,4)15(13)8-17(28)26(16,19)6/h8,11,16,19-20,22H,7,9-10H2,1-6H3. The highest BCUT2D eigenvalue weighted by atomic mass is 16.7. The van der Waals surface area contributed by atoms with E-state index >= 15 is 0 Å². The van der Waals surface area contributed by atoms with Gasteiger partial charge in [-0.05, 0) is 57.3 Å². The zero-order valence-corrected chi connectivity index (χ0v) is 20.8. The zero-order chi connectivity index (χ0) is 25.7. The van der Waals surface area contributed by atoms with Crippen LogP contribution in [0.2, 0.25) is 0 Å². The predicted molar refractivity (Wildman–Crippen MR) is 118 cm³/mol. The highest BCUT2D eigenvalue weighted by Crippen LogP contribution is 2.65. The number of hydrogen-bond donors (Lipinski definition) is 0. The van der Waals surface area contributed by atoms with Gasteiger partial charge in [0.1, 0.15) is 18.3 Å². The maximum absolute atomic E-state index is 14.1. The SMILES string of the molecule is CC(=O)OCC1=C2CC(=O)OC(C)(C)C2=CC(=O)C2(C)C1CC1(C)C(=O)OC3OC(C)C(=O)C2C31. The first kappa shape index (κ1) is 23.9. The summed E-state index contributed by atoms with van der Waals surface area (Å²) in [6, 6.07) is 0. The maximum Gasteiger partial charge on any atom is 0.314 e. The van der Waals surface area contributed by atoms with Crippen LogP contribution in [0.3, 0.4) is 0 Å². The van der Waals surface area contributed by atoms with Crippen LogP contribution in [0.25, 0.3) is 0 Å². The van der Waals surface area contributed by atoms with Crippen molar-refractivity contribution in [3.05, 3.63) is 22.8 Å². The lowest BCUT2D eigenvalue weighted by molar-refractivity contribution is -0.218. The van der Waals surface area contributed by atoms with E-state index in [2.05, 4.69) is 0 Å². The monoisotopic (exact) mass is 486 g/mol. The van der Waals surface area contributed by atoms with Gasteiger partial charge in [0.15, 0.2) is 11.6 Å². The Kier molecular flexibility index (Phi) is 5.02. The van der Waals surface area contributed by atoms with Crippen LogP contribution < -0.4 is 0 Å². The second kappa shape index (κ2) is 7.35. The van der Waals surface area contributed by atoms with E-state index in [0.717, 1.165) is 0 Å². The lowest BCUT2D eigenvalue weighted by atomic mass is 9.46. The van der Waals surface area contributed by atoms with E-state index in [1.807, 2.05) is 0 Å².